The van der Waals surface area contributed by atoms with Crippen LogP contribution in [0.3, 0.4) is 0 Å². The van der Waals surface area contributed by atoms with Gasteiger partial charge in [0.2, 0.25) is 0 Å². The van der Waals surface area contributed by atoms with Gasteiger partial charge in [-0.3, -0.25) is 0 Å². The third kappa shape index (κ3) is 7.38. The summed E-state index contributed by atoms with van der Waals surface area (Å²) in [6, 6.07) is 16.8. The molecule has 7 nitrogen and oxygen atoms in total. The smallest absolute Gasteiger partial charge is 0.191 e. The third-order valence-corrected chi connectivity index (χ3v) is 4.86. The number of nitrogens with zero attached hydrogens (tertiary/aromatic N) is 3. The molecule has 7 heteroatoms. The summed E-state index contributed by atoms with van der Waals surface area (Å²) in [5.41, 5.74) is 4.61. The van der Waals surface area contributed by atoms with Gasteiger partial charge in [0.15, 0.2) is 5.96 Å². The van der Waals surface area contributed by atoms with E-state index in [4.69, 9.17) is 14.5 Å². The number of benzene rings is 2. The fourth-order valence-corrected chi connectivity index (χ4v) is 3.22. The van der Waals surface area contributed by atoms with Crippen LogP contribution in [0.2, 0.25) is 0 Å². The van der Waals surface area contributed by atoms with Crippen molar-refractivity contribution in [3.63, 3.8) is 0 Å². The fraction of sp³-hybridized carbons (Fsp3) is 0.417. The molecule has 0 amide bonds. The molecule has 3 aromatic rings. The Morgan fingerprint density at radius 1 is 1.00 bits per heavy atom. The highest BCUT2D eigenvalue weighted by molar-refractivity contribution is 5.79. The normalized spacial score (nSPS) is 11.7. The van der Waals surface area contributed by atoms with Crippen molar-refractivity contribution >= 4 is 17.0 Å². The first-order valence-corrected chi connectivity index (χ1v) is 10.9. The molecule has 31 heavy (non-hydrogen) atoms. The minimum atomic E-state index is 0.633. The second-order valence-electron chi connectivity index (χ2n) is 7.26. The van der Waals surface area contributed by atoms with Crippen molar-refractivity contribution in [3.8, 4) is 0 Å². The lowest BCUT2D eigenvalue weighted by Crippen LogP contribution is -2.38. The van der Waals surface area contributed by atoms with Crippen LogP contribution >= 0.6 is 0 Å². The maximum absolute atomic E-state index is 5.49. The Balaban J connectivity index is 1.48. The van der Waals surface area contributed by atoms with Crippen molar-refractivity contribution in [2.45, 2.75) is 26.4 Å². The fourth-order valence-electron chi connectivity index (χ4n) is 3.22. The molecule has 0 fully saturated rings. The number of hydrogen-bond donors (Lipinski definition) is 2. The molecule has 2 N–H and O–H groups in total. The summed E-state index contributed by atoms with van der Waals surface area (Å²) in [5.74, 6) is 0.827. The quantitative estimate of drug-likeness (QED) is 0.266. The van der Waals surface area contributed by atoms with Gasteiger partial charge in [-0.2, -0.15) is 0 Å². The Kier molecular flexibility index (Phi) is 9.34. The van der Waals surface area contributed by atoms with Crippen molar-refractivity contribution in [1.82, 2.24) is 20.2 Å². The van der Waals surface area contributed by atoms with Gasteiger partial charge in [-0.1, -0.05) is 36.4 Å². The number of methoxy groups -OCH3 is 1. The van der Waals surface area contributed by atoms with Crippen molar-refractivity contribution in [1.29, 1.82) is 0 Å². The summed E-state index contributed by atoms with van der Waals surface area (Å²) in [4.78, 5) is 9.16. The molecule has 2 aromatic carbocycles. The second-order valence-corrected chi connectivity index (χ2v) is 7.26. The monoisotopic (exact) mass is 423 g/mol. The number of para-hydroxylation sites is 2. The first kappa shape index (κ1) is 22.8. The Morgan fingerprint density at radius 2 is 1.81 bits per heavy atom. The van der Waals surface area contributed by atoms with E-state index in [9.17, 15) is 0 Å². The highest BCUT2D eigenvalue weighted by Gasteiger charge is 2.03. The largest absolute Gasteiger partial charge is 0.382 e. The molecule has 0 unspecified atom stereocenters. The molecule has 0 bridgehead atoms. The number of hydrogen-bond acceptors (Lipinski definition) is 4. The Labute approximate surface area is 184 Å². The van der Waals surface area contributed by atoms with E-state index >= 15 is 0 Å². The predicted octanol–water partition coefficient (Wildman–Crippen LogP) is 3.19. The van der Waals surface area contributed by atoms with E-state index in [1.54, 1.807) is 7.11 Å². The molecule has 0 radical (unpaired) electrons. The van der Waals surface area contributed by atoms with Gasteiger partial charge in [0.25, 0.3) is 0 Å². The topological polar surface area (TPSA) is 72.7 Å². The molecule has 0 atom stereocenters. The lowest BCUT2D eigenvalue weighted by molar-refractivity contribution is 0.0698. The van der Waals surface area contributed by atoms with E-state index in [-0.39, 0.29) is 0 Å². The second kappa shape index (κ2) is 12.7. The van der Waals surface area contributed by atoms with Crippen LogP contribution in [-0.2, 0) is 22.6 Å². The first-order chi connectivity index (χ1) is 15.3. The SMILES string of the molecule is CCNC(=NCc1ccc(Cn2cnc3ccccc32)cc1)NCCCOCCOC. The molecule has 0 aliphatic rings. The summed E-state index contributed by atoms with van der Waals surface area (Å²) in [7, 11) is 1.68. The van der Waals surface area contributed by atoms with Gasteiger partial charge in [-0.05, 0) is 36.6 Å². The van der Waals surface area contributed by atoms with E-state index in [0.717, 1.165) is 43.0 Å². The van der Waals surface area contributed by atoms with E-state index in [1.165, 1.54) is 11.1 Å². The maximum atomic E-state index is 5.49. The third-order valence-electron chi connectivity index (χ3n) is 4.86. The summed E-state index contributed by atoms with van der Waals surface area (Å²) in [5, 5.41) is 6.65. The first-order valence-electron chi connectivity index (χ1n) is 10.9. The minimum absolute atomic E-state index is 0.633. The van der Waals surface area contributed by atoms with Gasteiger partial charge >= 0.3 is 0 Å². The number of guanidine groups is 1. The van der Waals surface area contributed by atoms with Gasteiger partial charge in [-0.15, -0.1) is 0 Å². The van der Waals surface area contributed by atoms with E-state index in [0.29, 0.717) is 26.4 Å². The van der Waals surface area contributed by atoms with Gasteiger partial charge < -0.3 is 24.7 Å². The molecular formula is C24H33N5O2. The zero-order valence-electron chi connectivity index (χ0n) is 18.5. The van der Waals surface area contributed by atoms with Crippen molar-refractivity contribution in [2.24, 2.45) is 4.99 Å². The molecule has 0 spiro atoms. The van der Waals surface area contributed by atoms with Crippen LogP contribution in [0.25, 0.3) is 11.0 Å². The summed E-state index contributed by atoms with van der Waals surface area (Å²) >= 11 is 0. The molecule has 0 saturated heterocycles. The van der Waals surface area contributed by atoms with Crippen LogP contribution in [-0.4, -0.2) is 55.5 Å². The molecule has 166 valence electrons. The number of imidazole rings is 1. The van der Waals surface area contributed by atoms with E-state index in [2.05, 4.69) is 57.4 Å². The van der Waals surface area contributed by atoms with Gasteiger partial charge in [0.05, 0.1) is 37.1 Å². The summed E-state index contributed by atoms with van der Waals surface area (Å²) < 4.78 is 12.6. The number of rotatable bonds is 12. The van der Waals surface area contributed by atoms with Crippen LogP contribution in [0.5, 0.6) is 0 Å². The zero-order valence-corrected chi connectivity index (χ0v) is 18.5. The molecule has 1 aromatic heterocycles. The zero-order chi connectivity index (χ0) is 21.7. The lowest BCUT2D eigenvalue weighted by atomic mass is 10.1. The predicted molar refractivity (Wildman–Crippen MR) is 125 cm³/mol. The van der Waals surface area contributed by atoms with Crippen LogP contribution in [0, 0.1) is 0 Å². The number of fused-ring (bicyclic) bond motifs is 1. The Morgan fingerprint density at radius 3 is 2.61 bits per heavy atom. The summed E-state index contributed by atoms with van der Waals surface area (Å²) in [6.45, 7) is 7.13. The van der Waals surface area contributed by atoms with Crippen molar-refractivity contribution < 1.29 is 9.47 Å². The van der Waals surface area contributed by atoms with Crippen LogP contribution in [0.4, 0.5) is 0 Å². The summed E-state index contributed by atoms with van der Waals surface area (Å²) in [6.07, 6.45) is 2.83. The maximum Gasteiger partial charge on any atom is 0.191 e. The minimum Gasteiger partial charge on any atom is -0.382 e. The highest BCUT2D eigenvalue weighted by Crippen LogP contribution is 2.14. The molecule has 0 saturated carbocycles. The van der Waals surface area contributed by atoms with Gasteiger partial charge in [0, 0.05) is 33.4 Å². The average Bonchev–Trinajstić information content (AvgIpc) is 3.20. The van der Waals surface area contributed by atoms with E-state index < -0.39 is 0 Å². The van der Waals surface area contributed by atoms with Crippen LogP contribution < -0.4 is 10.6 Å². The Bertz CT molecular complexity index is 937. The van der Waals surface area contributed by atoms with Crippen LogP contribution in [0.1, 0.15) is 24.5 Å². The number of ether oxygens (including phenoxy) is 2. The van der Waals surface area contributed by atoms with Crippen LogP contribution in [0.15, 0.2) is 59.9 Å². The van der Waals surface area contributed by atoms with Crippen molar-refractivity contribution in [2.75, 3.05) is 40.0 Å². The highest BCUT2D eigenvalue weighted by atomic mass is 16.5. The molecule has 3 rings (SSSR count). The number of aliphatic imine (C=N–C) groups is 1. The standard InChI is InChI=1S/C24H33N5O2/c1-3-25-24(26-13-6-14-31-16-15-30-2)27-17-20-9-11-21(12-10-20)18-29-19-28-22-7-4-5-8-23(22)29/h4-5,7-12,19H,3,6,13-18H2,1-2H3,(H2,25,26,27). The molecule has 0 aliphatic heterocycles. The lowest BCUT2D eigenvalue weighted by Gasteiger charge is -2.11. The molecular weight excluding hydrogens is 390 g/mol. The van der Waals surface area contributed by atoms with Gasteiger partial charge in [-0.25, -0.2) is 9.98 Å². The van der Waals surface area contributed by atoms with E-state index in [1.807, 2.05) is 24.5 Å². The average molecular weight is 424 g/mol. The molecule has 0 aliphatic carbocycles. The molecule has 1 heterocycles. The Hall–Kier alpha value is -2.90. The van der Waals surface area contributed by atoms with Crippen molar-refractivity contribution in [3.05, 3.63) is 66.0 Å². The number of aromatic nitrogens is 2. The number of nitrogens with one attached hydrogen (secondary N) is 2. The van der Waals surface area contributed by atoms with Gasteiger partial charge in [0.1, 0.15) is 0 Å².